The van der Waals surface area contributed by atoms with Crippen LogP contribution in [0.3, 0.4) is 0 Å². The number of rotatable bonds is 10. The van der Waals surface area contributed by atoms with E-state index in [-0.39, 0.29) is 11.7 Å². The normalized spacial score (nSPS) is 19.8. The van der Waals surface area contributed by atoms with Crippen LogP contribution in [0.2, 0.25) is 0 Å². The molecule has 0 spiro atoms. The van der Waals surface area contributed by atoms with E-state index in [1.165, 1.54) is 38.3 Å². The van der Waals surface area contributed by atoms with Crippen LogP contribution in [0.15, 0.2) is 6.20 Å². The van der Waals surface area contributed by atoms with Crippen molar-refractivity contribution in [2.75, 3.05) is 11.9 Å². The number of hydrogen-bond donors (Lipinski definition) is 2. The zero-order chi connectivity index (χ0) is 22.1. The van der Waals surface area contributed by atoms with Crippen molar-refractivity contribution in [2.24, 2.45) is 11.7 Å². The van der Waals surface area contributed by atoms with Crippen LogP contribution in [0.1, 0.15) is 103 Å². The van der Waals surface area contributed by atoms with Gasteiger partial charge in [-0.05, 0) is 65.3 Å². The van der Waals surface area contributed by atoms with Crippen LogP contribution in [0.25, 0.3) is 0 Å². The van der Waals surface area contributed by atoms with Crippen molar-refractivity contribution in [3.8, 4) is 0 Å². The molecule has 8 heteroatoms. The molecule has 1 fully saturated rings. The number of hydrogen-bond acceptors (Lipinski definition) is 4. The van der Waals surface area contributed by atoms with Crippen molar-refractivity contribution in [1.29, 1.82) is 0 Å². The van der Waals surface area contributed by atoms with Gasteiger partial charge in [-0.2, -0.15) is 5.10 Å². The van der Waals surface area contributed by atoms with Crippen LogP contribution >= 0.6 is 0 Å². The number of ether oxygens (including phenoxy) is 1. The highest BCUT2D eigenvalue weighted by Gasteiger charge is 2.27. The summed E-state index contributed by atoms with van der Waals surface area (Å²) in [4.78, 5) is 12.0. The number of anilines is 1. The van der Waals surface area contributed by atoms with E-state index < -0.39 is 23.8 Å². The van der Waals surface area contributed by atoms with Crippen LogP contribution in [-0.4, -0.2) is 28.0 Å². The predicted octanol–water partition coefficient (Wildman–Crippen LogP) is 6.20. The second-order valence-electron chi connectivity index (χ2n) is 9.36. The van der Waals surface area contributed by atoms with Gasteiger partial charge < -0.3 is 10.5 Å². The summed E-state index contributed by atoms with van der Waals surface area (Å²) in [7, 11) is 0. The summed E-state index contributed by atoms with van der Waals surface area (Å²) >= 11 is 0. The third-order valence-corrected chi connectivity index (χ3v) is 5.61. The second-order valence-corrected chi connectivity index (χ2v) is 9.36. The predicted molar refractivity (Wildman–Crippen MR) is 115 cm³/mol. The quantitative estimate of drug-likeness (QED) is 0.435. The Balaban J connectivity index is 1.86. The molecule has 1 aromatic rings. The molecule has 1 amide bonds. The number of carbonyl (C=O) groups is 1. The molecule has 1 aromatic heterocycles. The van der Waals surface area contributed by atoms with Crippen LogP contribution < -0.4 is 11.1 Å². The van der Waals surface area contributed by atoms with E-state index >= 15 is 0 Å². The van der Waals surface area contributed by atoms with Gasteiger partial charge in [0.05, 0.1) is 11.7 Å². The molecule has 6 nitrogen and oxygen atoms in total. The molecule has 0 bridgehead atoms. The third-order valence-electron chi connectivity index (χ3n) is 5.61. The first-order chi connectivity index (χ1) is 14.2. The molecule has 3 N–H and O–H groups in total. The summed E-state index contributed by atoms with van der Waals surface area (Å²) in [5, 5.41) is 6.53. The minimum Gasteiger partial charge on any atom is -0.444 e. The standard InChI is InChI=1S/C22H38F2N4O2/c1-22(2,3)30-21(29)26-18-15-28(27-19(18)20(23)24)17-12-10-16(11-13-17)9-7-5-4-6-8-14-25/h15-17,20H,4-14,25H2,1-3H3,(H,26,29)/t16-,17-. The van der Waals surface area contributed by atoms with E-state index in [0.29, 0.717) is 5.92 Å². The minimum atomic E-state index is -2.76. The van der Waals surface area contributed by atoms with Crippen LogP contribution in [0.4, 0.5) is 19.3 Å². The molecule has 0 aliphatic heterocycles. The van der Waals surface area contributed by atoms with Crippen molar-refractivity contribution < 1.29 is 18.3 Å². The Morgan fingerprint density at radius 2 is 1.83 bits per heavy atom. The summed E-state index contributed by atoms with van der Waals surface area (Å²) in [6.45, 7) is 5.95. The van der Waals surface area contributed by atoms with Gasteiger partial charge in [0.1, 0.15) is 5.60 Å². The average Bonchev–Trinajstić information content (AvgIpc) is 3.07. The van der Waals surface area contributed by atoms with Crippen molar-refractivity contribution >= 4 is 11.8 Å². The number of nitrogens with two attached hydrogens (primary N) is 1. The highest BCUT2D eigenvalue weighted by molar-refractivity contribution is 5.85. The van der Waals surface area contributed by atoms with Gasteiger partial charge in [0.25, 0.3) is 6.43 Å². The van der Waals surface area contributed by atoms with Crippen molar-refractivity contribution in [2.45, 2.75) is 103 Å². The molecular formula is C22H38F2N4O2. The van der Waals surface area contributed by atoms with Gasteiger partial charge in [0.15, 0.2) is 5.69 Å². The minimum absolute atomic E-state index is 0.0267. The first-order valence-corrected chi connectivity index (χ1v) is 11.3. The summed E-state index contributed by atoms with van der Waals surface area (Å²) in [5.41, 5.74) is 4.44. The van der Waals surface area contributed by atoms with E-state index in [2.05, 4.69) is 10.4 Å². The largest absolute Gasteiger partial charge is 0.444 e. The second kappa shape index (κ2) is 11.6. The summed E-state index contributed by atoms with van der Waals surface area (Å²) in [6.07, 6.45) is 9.37. The van der Waals surface area contributed by atoms with Crippen molar-refractivity contribution in [3.05, 3.63) is 11.9 Å². The lowest BCUT2D eigenvalue weighted by molar-refractivity contribution is 0.0635. The molecule has 1 aliphatic rings. The monoisotopic (exact) mass is 428 g/mol. The van der Waals surface area contributed by atoms with Gasteiger partial charge in [-0.15, -0.1) is 0 Å². The number of aromatic nitrogens is 2. The fourth-order valence-electron chi connectivity index (χ4n) is 4.07. The number of halogens is 2. The van der Waals surface area contributed by atoms with Gasteiger partial charge in [-0.1, -0.05) is 32.1 Å². The molecule has 0 aromatic carbocycles. The first kappa shape index (κ1) is 24.6. The number of carbonyl (C=O) groups excluding carboxylic acids is 1. The van der Waals surface area contributed by atoms with E-state index in [4.69, 9.17) is 10.5 Å². The summed E-state index contributed by atoms with van der Waals surface area (Å²) in [6, 6.07) is 0.0949. The maximum Gasteiger partial charge on any atom is 0.412 e. The number of alkyl halides is 2. The fourth-order valence-corrected chi connectivity index (χ4v) is 4.07. The summed E-state index contributed by atoms with van der Waals surface area (Å²) < 4.78 is 33.7. The van der Waals surface area contributed by atoms with Crippen LogP contribution in [0.5, 0.6) is 0 Å². The van der Waals surface area contributed by atoms with Crippen LogP contribution in [0, 0.1) is 5.92 Å². The molecule has 0 radical (unpaired) electrons. The number of nitrogens with one attached hydrogen (secondary N) is 1. The van der Waals surface area contributed by atoms with Gasteiger partial charge in [0, 0.05) is 6.20 Å². The maximum absolute atomic E-state index is 13.4. The van der Waals surface area contributed by atoms with Crippen molar-refractivity contribution in [3.63, 3.8) is 0 Å². The molecular weight excluding hydrogens is 390 g/mol. The lowest BCUT2D eigenvalue weighted by atomic mass is 9.83. The molecule has 1 saturated carbocycles. The topological polar surface area (TPSA) is 82.2 Å². The van der Waals surface area contributed by atoms with Gasteiger partial charge >= 0.3 is 6.09 Å². The lowest BCUT2D eigenvalue weighted by Gasteiger charge is -2.28. The highest BCUT2D eigenvalue weighted by atomic mass is 19.3. The molecule has 0 saturated heterocycles. The van der Waals surface area contributed by atoms with Gasteiger partial charge in [-0.3, -0.25) is 10.00 Å². The lowest BCUT2D eigenvalue weighted by Crippen LogP contribution is -2.27. The van der Waals surface area contributed by atoms with E-state index in [1.807, 2.05) is 0 Å². The van der Waals surface area contributed by atoms with Gasteiger partial charge in [0.2, 0.25) is 0 Å². The van der Waals surface area contributed by atoms with E-state index in [1.54, 1.807) is 25.5 Å². The highest BCUT2D eigenvalue weighted by Crippen LogP contribution is 2.36. The Kier molecular flexibility index (Phi) is 9.52. The first-order valence-electron chi connectivity index (χ1n) is 11.3. The Labute approximate surface area is 178 Å². The molecule has 0 atom stereocenters. The molecule has 30 heavy (non-hydrogen) atoms. The fraction of sp³-hybridized carbons (Fsp3) is 0.818. The molecule has 172 valence electrons. The molecule has 2 rings (SSSR count). The zero-order valence-corrected chi connectivity index (χ0v) is 18.6. The third kappa shape index (κ3) is 8.20. The Morgan fingerprint density at radius 1 is 1.20 bits per heavy atom. The molecule has 1 heterocycles. The maximum atomic E-state index is 13.4. The smallest absolute Gasteiger partial charge is 0.412 e. The Hall–Kier alpha value is -1.70. The summed E-state index contributed by atoms with van der Waals surface area (Å²) in [5.74, 6) is 0.709. The van der Waals surface area contributed by atoms with Gasteiger partial charge in [-0.25, -0.2) is 13.6 Å². The van der Waals surface area contributed by atoms with E-state index in [9.17, 15) is 13.6 Å². The SMILES string of the molecule is CC(C)(C)OC(=O)Nc1cn([C@H]2CC[C@H](CCCCCCCN)CC2)nc1C(F)F. The average molecular weight is 429 g/mol. The van der Waals surface area contributed by atoms with Crippen LogP contribution in [-0.2, 0) is 4.74 Å². The van der Waals surface area contributed by atoms with Crippen molar-refractivity contribution in [1.82, 2.24) is 9.78 Å². The Bertz CT molecular complexity index is 650. The van der Waals surface area contributed by atoms with E-state index in [0.717, 1.165) is 38.6 Å². The number of amides is 1. The Morgan fingerprint density at radius 3 is 2.43 bits per heavy atom. The number of unbranched alkanes of at least 4 members (excludes halogenated alkanes) is 4. The number of nitrogens with zero attached hydrogens (tertiary/aromatic N) is 2. The molecule has 0 unspecified atom stereocenters. The molecule has 1 aliphatic carbocycles. The zero-order valence-electron chi connectivity index (χ0n) is 18.6.